The van der Waals surface area contributed by atoms with Crippen molar-refractivity contribution in [2.24, 2.45) is 0 Å². The van der Waals surface area contributed by atoms with Crippen molar-refractivity contribution < 1.29 is 19.0 Å². The van der Waals surface area contributed by atoms with E-state index in [1.165, 1.54) is 0 Å². The molecule has 0 aromatic heterocycles. The Labute approximate surface area is 155 Å². The topological polar surface area (TPSA) is 60.0 Å². The molecule has 1 fully saturated rings. The van der Waals surface area contributed by atoms with Crippen LogP contribution in [0.4, 0.5) is 4.79 Å². The summed E-state index contributed by atoms with van der Waals surface area (Å²) >= 11 is 0. The van der Waals surface area contributed by atoms with Crippen LogP contribution in [0.2, 0.25) is 0 Å². The second kappa shape index (κ2) is 8.16. The van der Waals surface area contributed by atoms with Crippen LogP contribution in [0.1, 0.15) is 39.2 Å². The van der Waals surface area contributed by atoms with Gasteiger partial charge in [-0.2, -0.15) is 0 Å². The van der Waals surface area contributed by atoms with Crippen molar-refractivity contribution in [3.8, 4) is 11.5 Å². The normalized spacial score (nSPS) is 17.7. The van der Waals surface area contributed by atoms with Gasteiger partial charge in [-0.15, -0.1) is 0 Å². The quantitative estimate of drug-likeness (QED) is 0.892. The lowest BCUT2D eigenvalue weighted by Crippen LogP contribution is -2.48. The highest BCUT2D eigenvalue weighted by Gasteiger charge is 2.29. The van der Waals surface area contributed by atoms with Crippen LogP contribution in [0.5, 0.6) is 11.5 Å². The molecule has 144 valence electrons. The van der Waals surface area contributed by atoms with Gasteiger partial charge >= 0.3 is 6.09 Å². The molecule has 0 bridgehead atoms. The average Bonchev–Trinajstić information content (AvgIpc) is 2.61. The monoisotopic (exact) mass is 362 g/mol. The number of nitrogens with one attached hydrogen (secondary N) is 1. The minimum atomic E-state index is -0.487. The molecule has 2 aliphatic rings. The first-order chi connectivity index (χ1) is 12.4. The number of hydrogen-bond donors (Lipinski definition) is 1. The highest BCUT2D eigenvalue weighted by molar-refractivity contribution is 5.68. The van der Waals surface area contributed by atoms with Crippen LogP contribution in [0.25, 0.3) is 0 Å². The Morgan fingerprint density at radius 1 is 1.19 bits per heavy atom. The van der Waals surface area contributed by atoms with Gasteiger partial charge < -0.3 is 24.4 Å². The number of hydrogen-bond acceptors (Lipinski definition) is 5. The molecule has 3 rings (SSSR count). The molecule has 0 aliphatic carbocycles. The maximum absolute atomic E-state index is 12.8. The second-order valence-corrected chi connectivity index (χ2v) is 7.88. The molecular weight excluding hydrogens is 332 g/mol. The zero-order valence-electron chi connectivity index (χ0n) is 16.0. The number of piperidine rings is 1. The van der Waals surface area contributed by atoms with E-state index in [0.29, 0.717) is 19.8 Å². The lowest BCUT2D eigenvalue weighted by atomic mass is 10.0. The van der Waals surface area contributed by atoms with Crippen molar-refractivity contribution >= 4 is 6.09 Å². The minimum absolute atomic E-state index is 0.220. The van der Waals surface area contributed by atoms with Crippen molar-refractivity contribution in [1.82, 2.24) is 10.2 Å². The standard InChI is InChI=1S/C20H30N2O4/c1-20(2,3)26-19(23)22(16-6-9-21-10-7-16)11-8-15-4-5-17-18(14-15)25-13-12-24-17/h4-5,14,16,21H,6-13H2,1-3H3. The fourth-order valence-corrected chi connectivity index (χ4v) is 3.35. The van der Waals surface area contributed by atoms with Crippen molar-refractivity contribution in [3.63, 3.8) is 0 Å². The smallest absolute Gasteiger partial charge is 0.410 e. The van der Waals surface area contributed by atoms with Crippen molar-refractivity contribution in [2.45, 2.75) is 51.7 Å². The molecular formula is C20H30N2O4. The van der Waals surface area contributed by atoms with Gasteiger partial charge in [-0.1, -0.05) is 6.07 Å². The summed E-state index contributed by atoms with van der Waals surface area (Å²) in [5.74, 6) is 1.58. The van der Waals surface area contributed by atoms with Gasteiger partial charge in [0, 0.05) is 12.6 Å². The van der Waals surface area contributed by atoms with Gasteiger partial charge in [0.15, 0.2) is 11.5 Å². The molecule has 0 unspecified atom stereocenters. The Hall–Kier alpha value is -1.95. The molecule has 0 atom stereocenters. The molecule has 1 N–H and O–H groups in total. The van der Waals surface area contributed by atoms with E-state index < -0.39 is 5.60 Å². The van der Waals surface area contributed by atoms with Crippen molar-refractivity contribution in [3.05, 3.63) is 23.8 Å². The Kier molecular flexibility index (Phi) is 5.91. The molecule has 6 heteroatoms. The number of fused-ring (bicyclic) bond motifs is 1. The first kappa shape index (κ1) is 18.8. The Bertz CT molecular complexity index is 621. The van der Waals surface area contributed by atoms with Crippen LogP contribution in [0.15, 0.2) is 18.2 Å². The van der Waals surface area contributed by atoms with E-state index in [9.17, 15) is 4.79 Å². The molecule has 0 spiro atoms. The SMILES string of the molecule is CC(C)(C)OC(=O)N(CCc1ccc2c(c1)OCCO2)C1CCNCC1. The predicted molar refractivity (Wildman–Crippen MR) is 100.0 cm³/mol. The zero-order valence-corrected chi connectivity index (χ0v) is 16.0. The third-order valence-electron chi connectivity index (χ3n) is 4.63. The van der Waals surface area contributed by atoms with E-state index in [0.717, 1.165) is 49.4 Å². The number of carbonyl (C=O) groups excluding carboxylic acids is 1. The predicted octanol–water partition coefficient (Wildman–Crippen LogP) is 2.99. The molecule has 2 aliphatic heterocycles. The van der Waals surface area contributed by atoms with E-state index in [1.54, 1.807) is 0 Å². The van der Waals surface area contributed by atoms with Gasteiger partial charge in [-0.3, -0.25) is 0 Å². The number of nitrogens with zero attached hydrogens (tertiary/aromatic N) is 1. The molecule has 2 heterocycles. The van der Waals surface area contributed by atoms with Crippen molar-refractivity contribution in [2.75, 3.05) is 32.8 Å². The maximum Gasteiger partial charge on any atom is 0.410 e. The average molecular weight is 362 g/mol. The highest BCUT2D eigenvalue weighted by atomic mass is 16.6. The summed E-state index contributed by atoms with van der Waals surface area (Å²) in [6.45, 7) is 9.41. The number of ether oxygens (including phenoxy) is 3. The van der Waals surface area contributed by atoms with Crippen LogP contribution in [-0.4, -0.2) is 55.5 Å². The molecule has 0 radical (unpaired) electrons. The van der Waals surface area contributed by atoms with E-state index in [4.69, 9.17) is 14.2 Å². The molecule has 1 aromatic carbocycles. The van der Waals surface area contributed by atoms with Gasteiger partial charge in [0.25, 0.3) is 0 Å². The van der Waals surface area contributed by atoms with Gasteiger partial charge in [0.05, 0.1) is 0 Å². The van der Waals surface area contributed by atoms with Crippen molar-refractivity contribution in [1.29, 1.82) is 0 Å². The third-order valence-corrected chi connectivity index (χ3v) is 4.63. The molecule has 1 amide bonds. The van der Waals surface area contributed by atoms with Gasteiger partial charge in [0.2, 0.25) is 0 Å². The number of amides is 1. The van der Waals surface area contributed by atoms with Gasteiger partial charge in [-0.05, 0) is 70.8 Å². The third kappa shape index (κ3) is 5.04. The Morgan fingerprint density at radius 2 is 1.88 bits per heavy atom. The zero-order chi connectivity index (χ0) is 18.6. The lowest BCUT2D eigenvalue weighted by molar-refractivity contribution is 0.0132. The van der Waals surface area contributed by atoms with Crippen LogP contribution in [-0.2, 0) is 11.2 Å². The minimum Gasteiger partial charge on any atom is -0.486 e. The number of carbonyl (C=O) groups is 1. The summed E-state index contributed by atoms with van der Waals surface area (Å²) < 4.78 is 16.9. The van der Waals surface area contributed by atoms with E-state index in [-0.39, 0.29) is 12.1 Å². The summed E-state index contributed by atoms with van der Waals surface area (Å²) in [4.78, 5) is 14.7. The second-order valence-electron chi connectivity index (χ2n) is 7.88. The van der Waals surface area contributed by atoms with Crippen LogP contribution >= 0.6 is 0 Å². The number of benzene rings is 1. The van der Waals surface area contributed by atoms with Crippen LogP contribution in [0, 0.1) is 0 Å². The fraction of sp³-hybridized carbons (Fsp3) is 0.650. The summed E-state index contributed by atoms with van der Waals surface area (Å²) in [5, 5.41) is 3.36. The van der Waals surface area contributed by atoms with E-state index in [1.807, 2.05) is 43.9 Å². The Balaban J connectivity index is 1.67. The van der Waals surface area contributed by atoms with E-state index >= 15 is 0 Å². The molecule has 1 saturated heterocycles. The van der Waals surface area contributed by atoms with Gasteiger partial charge in [0.1, 0.15) is 18.8 Å². The summed E-state index contributed by atoms with van der Waals surface area (Å²) in [5.41, 5.74) is 0.649. The Morgan fingerprint density at radius 3 is 2.58 bits per heavy atom. The molecule has 26 heavy (non-hydrogen) atoms. The number of rotatable bonds is 4. The fourth-order valence-electron chi connectivity index (χ4n) is 3.35. The summed E-state index contributed by atoms with van der Waals surface area (Å²) in [6, 6.07) is 6.24. The van der Waals surface area contributed by atoms with Crippen LogP contribution in [0.3, 0.4) is 0 Å². The van der Waals surface area contributed by atoms with Crippen LogP contribution < -0.4 is 14.8 Å². The van der Waals surface area contributed by atoms with E-state index in [2.05, 4.69) is 5.32 Å². The summed E-state index contributed by atoms with van der Waals surface area (Å²) in [6.07, 6.45) is 2.46. The first-order valence-corrected chi connectivity index (χ1v) is 9.51. The van der Waals surface area contributed by atoms with Gasteiger partial charge in [-0.25, -0.2) is 4.79 Å². The highest BCUT2D eigenvalue weighted by Crippen LogP contribution is 2.31. The summed E-state index contributed by atoms with van der Waals surface area (Å²) in [7, 11) is 0. The largest absolute Gasteiger partial charge is 0.486 e. The molecule has 0 saturated carbocycles. The maximum atomic E-state index is 12.8. The molecule has 1 aromatic rings. The molecule has 6 nitrogen and oxygen atoms in total. The lowest BCUT2D eigenvalue weighted by Gasteiger charge is -2.36. The first-order valence-electron chi connectivity index (χ1n) is 9.51.